The SMILES string of the molecule is CC(C)c1ccc2c(c1)C=NC2. The van der Waals surface area contributed by atoms with Crippen LogP contribution >= 0.6 is 0 Å². The lowest BCUT2D eigenvalue weighted by atomic mass is 9.99. The van der Waals surface area contributed by atoms with E-state index in [1.54, 1.807) is 0 Å². The molecule has 0 spiro atoms. The van der Waals surface area contributed by atoms with Crippen LogP contribution in [0.2, 0.25) is 0 Å². The summed E-state index contributed by atoms with van der Waals surface area (Å²) in [4.78, 5) is 4.23. The van der Waals surface area contributed by atoms with Crippen LogP contribution in [0.4, 0.5) is 0 Å². The molecule has 2 rings (SSSR count). The first-order valence-corrected chi connectivity index (χ1v) is 4.40. The van der Waals surface area contributed by atoms with E-state index in [4.69, 9.17) is 0 Å². The average molecular weight is 159 g/mol. The third kappa shape index (κ3) is 1.15. The van der Waals surface area contributed by atoms with Gasteiger partial charge >= 0.3 is 0 Å². The average Bonchev–Trinajstić information content (AvgIpc) is 2.49. The first-order chi connectivity index (χ1) is 5.77. The molecule has 0 saturated heterocycles. The van der Waals surface area contributed by atoms with Crippen LogP contribution in [0, 0.1) is 0 Å². The lowest BCUT2D eigenvalue weighted by Gasteiger charge is -2.06. The lowest BCUT2D eigenvalue weighted by molar-refractivity contribution is 0.865. The second-order valence-corrected chi connectivity index (χ2v) is 3.58. The van der Waals surface area contributed by atoms with Crippen molar-refractivity contribution in [1.29, 1.82) is 0 Å². The Morgan fingerprint density at radius 1 is 1.33 bits per heavy atom. The Balaban J connectivity index is 2.44. The molecule has 0 atom stereocenters. The zero-order valence-corrected chi connectivity index (χ0v) is 7.54. The van der Waals surface area contributed by atoms with Gasteiger partial charge in [0, 0.05) is 6.21 Å². The van der Waals surface area contributed by atoms with Crippen molar-refractivity contribution in [3.05, 3.63) is 34.9 Å². The maximum atomic E-state index is 4.23. The third-order valence-corrected chi connectivity index (χ3v) is 2.33. The van der Waals surface area contributed by atoms with E-state index in [1.807, 2.05) is 6.21 Å². The summed E-state index contributed by atoms with van der Waals surface area (Å²) in [5, 5.41) is 0. The van der Waals surface area contributed by atoms with Crippen molar-refractivity contribution in [2.45, 2.75) is 26.3 Å². The molecule has 12 heavy (non-hydrogen) atoms. The Morgan fingerprint density at radius 3 is 2.92 bits per heavy atom. The molecule has 1 aromatic rings. The quantitative estimate of drug-likeness (QED) is 0.597. The number of hydrogen-bond donors (Lipinski definition) is 0. The van der Waals surface area contributed by atoms with E-state index in [0.29, 0.717) is 5.92 Å². The normalized spacial score (nSPS) is 13.9. The molecule has 1 nitrogen and oxygen atoms in total. The fourth-order valence-electron chi connectivity index (χ4n) is 1.48. The molecule has 0 aromatic heterocycles. The topological polar surface area (TPSA) is 12.4 Å². The summed E-state index contributed by atoms with van der Waals surface area (Å²) in [6.07, 6.45) is 1.97. The fraction of sp³-hybridized carbons (Fsp3) is 0.364. The van der Waals surface area contributed by atoms with Crippen LogP contribution < -0.4 is 0 Å². The van der Waals surface area contributed by atoms with Gasteiger partial charge in [0.15, 0.2) is 0 Å². The first-order valence-electron chi connectivity index (χ1n) is 4.40. The molecule has 1 aromatic carbocycles. The van der Waals surface area contributed by atoms with Crippen LogP contribution in [0.15, 0.2) is 23.2 Å². The summed E-state index contributed by atoms with van der Waals surface area (Å²) >= 11 is 0. The molecular formula is C11H13N. The number of hydrogen-bond acceptors (Lipinski definition) is 1. The van der Waals surface area contributed by atoms with Gasteiger partial charge in [-0.05, 0) is 28.7 Å². The zero-order chi connectivity index (χ0) is 8.55. The van der Waals surface area contributed by atoms with Crippen molar-refractivity contribution in [1.82, 2.24) is 0 Å². The van der Waals surface area contributed by atoms with Gasteiger partial charge in [-0.2, -0.15) is 0 Å². The van der Waals surface area contributed by atoms with Crippen LogP contribution in [0.3, 0.4) is 0 Å². The Labute approximate surface area is 73.1 Å². The minimum atomic E-state index is 0.615. The molecule has 0 saturated carbocycles. The van der Waals surface area contributed by atoms with E-state index >= 15 is 0 Å². The summed E-state index contributed by atoms with van der Waals surface area (Å²) in [7, 11) is 0. The van der Waals surface area contributed by atoms with Crippen LogP contribution in [0.25, 0.3) is 0 Å². The molecule has 0 unspecified atom stereocenters. The predicted molar refractivity (Wildman–Crippen MR) is 51.8 cm³/mol. The number of rotatable bonds is 1. The molecule has 1 aliphatic rings. The van der Waals surface area contributed by atoms with Crippen LogP contribution in [0.1, 0.15) is 36.5 Å². The third-order valence-electron chi connectivity index (χ3n) is 2.33. The van der Waals surface area contributed by atoms with Gasteiger partial charge in [-0.3, -0.25) is 4.99 Å². The highest BCUT2D eigenvalue weighted by atomic mass is 14.7. The van der Waals surface area contributed by atoms with E-state index in [2.05, 4.69) is 37.0 Å². The van der Waals surface area contributed by atoms with Crippen LogP contribution in [0.5, 0.6) is 0 Å². The van der Waals surface area contributed by atoms with Crippen molar-refractivity contribution in [2.24, 2.45) is 4.99 Å². The highest BCUT2D eigenvalue weighted by Crippen LogP contribution is 2.20. The van der Waals surface area contributed by atoms with Gasteiger partial charge in [0.05, 0.1) is 6.54 Å². The maximum absolute atomic E-state index is 4.23. The molecule has 0 fully saturated rings. The summed E-state index contributed by atoms with van der Waals surface area (Å²) < 4.78 is 0. The fourth-order valence-corrected chi connectivity index (χ4v) is 1.48. The highest BCUT2D eigenvalue weighted by Gasteiger charge is 2.07. The van der Waals surface area contributed by atoms with Gasteiger partial charge in [-0.1, -0.05) is 26.0 Å². The van der Waals surface area contributed by atoms with Crippen molar-refractivity contribution in [3.63, 3.8) is 0 Å². The summed E-state index contributed by atoms with van der Waals surface area (Å²) in [6, 6.07) is 6.65. The zero-order valence-electron chi connectivity index (χ0n) is 7.54. The Kier molecular flexibility index (Phi) is 1.72. The number of benzene rings is 1. The minimum absolute atomic E-state index is 0.615. The van der Waals surface area contributed by atoms with Crippen molar-refractivity contribution >= 4 is 6.21 Å². The van der Waals surface area contributed by atoms with Crippen molar-refractivity contribution < 1.29 is 0 Å². The van der Waals surface area contributed by atoms with E-state index in [1.165, 1.54) is 16.7 Å². The van der Waals surface area contributed by atoms with Gasteiger partial charge < -0.3 is 0 Å². The van der Waals surface area contributed by atoms with Crippen molar-refractivity contribution in [3.8, 4) is 0 Å². The standard InChI is InChI=1S/C11H13N/c1-8(2)9-3-4-10-6-12-7-11(10)5-9/h3-5,7-8H,6H2,1-2H3. The van der Waals surface area contributed by atoms with Crippen LogP contribution in [-0.2, 0) is 6.54 Å². The molecule has 0 N–H and O–H groups in total. The van der Waals surface area contributed by atoms with E-state index < -0.39 is 0 Å². The molecule has 1 aliphatic heterocycles. The Morgan fingerprint density at radius 2 is 2.17 bits per heavy atom. The molecule has 1 heterocycles. The smallest absolute Gasteiger partial charge is 0.0646 e. The van der Waals surface area contributed by atoms with Gasteiger partial charge in [0.1, 0.15) is 0 Å². The Bertz CT molecular complexity index is 324. The number of aliphatic imine (C=N–C) groups is 1. The summed E-state index contributed by atoms with van der Waals surface area (Å²) in [5.41, 5.74) is 4.07. The highest BCUT2D eigenvalue weighted by molar-refractivity contribution is 5.84. The monoisotopic (exact) mass is 159 g/mol. The molecular weight excluding hydrogens is 146 g/mol. The molecule has 0 bridgehead atoms. The van der Waals surface area contributed by atoms with E-state index in [-0.39, 0.29) is 0 Å². The number of nitrogens with zero attached hydrogens (tertiary/aromatic N) is 1. The van der Waals surface area contributed by atoms with Crippen LogP contribution in [-0.4, -0.2) is 6.21 Å². The molecule has 62 valence electrons. The van der Waals surface area contributed by atoms with Gasteiger partial charge in [-0.15, -0.1) is 0 Å². The molecule has 0 aliphatic carbocycles. The van der Waals surface area contributed by atoms with Crippen molar-refractivity contribution in [2.75, 3.05) is 0 Å². The minimum Gasteiger partial charge on any atom is -0.288 e. The second-order valence-electron chi connectivity index (χ2n) is 3.58. The van der Waals surface area contributed by atoms with Gasteiger partial charge in [0.2, 0.25) is 0 Å². The molecule has 1 heteroatoms. The largest absolute Gasteiger partial charge is 0.288 e. The van der Waals surface area contributed by atoms with Gasteiger partial charge in [-0.25, -0.2) is 0 Å². The maximum Gasteiger partial charge on any atom is 0.0646 e. The van der Waals surface area contributed by atoms with E-state index in [0.717, 1.165) is 6.54 Å². The lowest BCUT2D eigenvalue weighted by Crippen LogP contribution is -1.91. The molecule has 0 radical (unpaired) electrons. The number of fused-ring (bicyclic) bond motifs is 1. The predicted octanol–water partition coefficient (Wildman–Crippen LogP) is 2.74. The molecule has 0 amide bonds. The summed E-state index contributed by atoms with van der Waals surface area (Å²) in [5.74, 6) is 0.615. The first kappa shape index (κ1) is 7.53. The Hall–Kier alpha value is -1.11. The summed E-state index contributed by atoms with van der Waals surface area (Å²) in [6.45, 7) is 5.30. The van der Waals surface area contributed by atoms with E-state index in [9.17, 15) is 0 Å². The second kappa shape index (κ2) is 2.74. The van der Waals surface area contributed by atoms with Gasteiger partial charge in [0.25, 0.3) is 0 Å².